The molecule has 1 amide bonds. The highest BCUT2D eigenvalue weighted by molar-refractivity contribution is 6.74. The molecular weight excluding hydrogens is 438 g/mol. The normalized spacial score (nSPS) is 20.6. The molecule has 0 saturated carbocycles. The van der Waals surface area contributed by atoms with Gasteiger partial charge in [0.1, 0.15) is 5.60 Å². The van der Waals surface area contributed by atoms with Crippen LogP contribution in [0.15, 0.2) is 0 Å². The summed E-state index contributed by atoms with van der Waals surface area (Å²) < 4.78 is 19.2. The van der Waals surface area contributed by atoms with E-state index in [0.717, 1.165) is 6.42 Å². The van der Waals surface area contributed by atoms with E-state index in [-0.39, 0.29) is 22.7 Å². The van der Waals surface area contributed by atoms with Crippen LogP contribution in [0.1, 0.15) is 75.2 Å². The van der Waals surface area contributed by atoms with E-state index in [0.29, 0.717) is 19.6 Å². The summed E-state index contributed by atoms with van der Waals surface area (Å²) in [5.74, 6) is 0. The predicted octanol–water partition coefficient (Wildman–Crippen LogP) is 6.16. The van der Waals surface area contributed by atoms with Crippen LogP contribution >= 0.6 is 0 Å². The van der Waals surface area contributed by atoms with Gasteiger partial charge in [0.05, 0.1) is 31.4 Å². The molecule has 0 spiro atoms. The van der Waals surface area contributed by atoms with Crippen molar-refractivity contribution in [3.05, 3.63) is 0 Å². The van der Waals surface area contributed by atoms with Gasteiger partial charge >= 0.3 is 6.09 Å². The average molecular weight is 490 g/mol. The average Bonchev–Trinajstić information content (AvgIpc) is 2.94. The van der Waals surface area contributed by atoms with Gasteiger partial charge in [-0.25, -0.2) is 4.79 Å². The molecule has 190 valence electrons. The minimum atomic E-state index is -2.06. The highest BCUT2D eigenvalue weighted by atomic mass is 28.4. The third kappa shape index (κ3) is 7.04. The molecule has 0 aliphatic carbocycles. The number of ether oxygens (including phenoxy) is 1. The summed E-state index contributed by atoms with van der Waals surface area (Å²) in [5, 5.41) is 10.2. The molecule has 0 aromatic heterocycles. The zero-order chi connectivity index (χ0) is 25.4. The van der Waals surface area contributed by atoms with Crippen molar-refractivity contribution < 1.29 is 23.5 Å². The number of nitrogens with zero attached hydrogens (tertiary/aromatic N) is 1. The Bertz CT molecular complexity index is 614. The number of likely N-dealkylation sites (tertiary alicyclic amines) is 1. The summed E-state index contributed by atoms with van der Waals surface area (Å²) in [6, 6.07) is -0.295. The molecule has 0 radical (unpaired) electrons. The maximum atomic E-state index is 13.4. The van der Waals surface area contributed by atoms with E-state index in [9.17, 15) is 9.90 Å². The van der Waals surface area contributed by atoms with E-state index in [2.05, 4.69) is 67.7 Å². The zero-order valence-electron chi connectivity index (χ0n) is 23.1. The smallest absolute Gasteiger partial charge is 0.411 e. The lowest BCUT2D eigenvalue weighted by molar-refractivity contribution is -0.0344. The van der Waals surface area contributed by atoms with E-state index in [1.54, 1.807) is 4.90 Å². The summed E-state index contributed by atoms with van der Waals surface area (Å²) >= 11 is 0. The van der Waals surface area contributed by atoms with Gasteiger partial charge in [0.25, 0.3) is 0 Å². The number of hydrogen-bond acceptors (Lipinski definition) is 5. The van der Waals surface area contributed by atoms with Crippen LogP contribution in [-0.2, 0) is 13.6 Å². The molecule has 32 heavy (non-hydrogen) atoms. The molecule has 0 aromatic rings. The summed E-state index contributed by atoms with van der Waals surface area (Å²) in [5.41, 5.74) is -1.27. The minimum Gasteiger partial charge on any atom is -0.444 e. The van der Waals surface area contributed by atoms with Crippen LogP contribution < -0.4 is 0 Å². The Morgan fingerprint density at radius 3 is 1.62 bits per heavy atom. The van der Waals surface area contributed by atoms with Crippen LogP contribution in [-0.4, -0.2) is 69.7 Å². The second-order valence-corrected chi connectivity index (χ2v) is 23.2. The van der Waals surface area contributed by atoms with Crippen molar-refractivity contribution in [2.24, 2.45) is 0 Å². The first-order valence-corrected chi connectivity index (χ1v) is 17.8. The molecule has 1 rings (SSSR count). The standard InChI is InChI=1S/C24H51NO5Si2/c1-21(2,3)30-20(27)25-19(16-26)14-15-24(25,17-28-31(10,11)22(4,5)6)18-29-32(12,13)23(7,8)9/h19,26H,14-18H2,1-13H3. The quantitative estimate of drug-likeness (QED) is 0.434. The van der Waals surface area contributed by atoms with Crippen LogP contribution in [0.3, 0.4) is 0 Å². The number of carbonyl (C=O) groups is 1. The molecule has 0 aromatic carbocycles. The number of aliphatic hydroxyl groups excluding tert-OH is 1. The molecule has 1 atom stereocenters. The molecule has 1 aliphatic rings. The molecule has 1 N–H and O–H groups in total. The highest BCUT2D eigenvalue weighted by Gasteiger charge is 2.53. The highest BCUT2D eigenvalue weighted by Crippen LogP contribution is 2.43. The van der Waals surface area contributed by atoms with Crippen LogP contribution in [0.5, 0.6) is 0 Å². The van der Waals surface area contributed by atoms with Gasteiger partial charge in [-0.05, 0) is 69.9 Å². The molecular formula is C24H51NO5Si2. The predicted molar refractivity (Wildman–Crippen MR) is 137 cm³/mol. The van der Waals surface area contributed by atoms with Crippen LogP contribution in [0.2, 0.25) is 36.3 Å². The SMILES string of the molecule is CC(C)(C)OC(=O)N1C(CO)CCC1(CO[Si](C)(C)C(C)(C)C)CO[Si](C)(C)C(C)(C)C. The molecule has 1 unspecified atom stereocenters. The van der Waals surface area contributed by atoms with E-state index < -0.39 is 33.9 Å². The molecule has 1 heterocycles. The van der Waals surface area contributed by atoms with Crippen molar-refractivity contribution in [1.29, 1.82) is 0 Å². The summed E-state index contributed by atoms with van der Waals surface area (Å²) in [7, 11) is -4.12. The first-order chi connectivity index (χ1) is 14.1. The topological polar surface area (TPSA) is 68.2 Å². The Morgan fingerprint density at radius 2 is 1.31 bits per heavy atom. The number of hydrogen-bond donors (Lipinski definition) is 1. The van der Waals surface area contributed by atoms with Crippen molar-refractivity contribution >= 4 is 22.7 Å². The van der Waals surface area contributed by atoms with E-state index in [4.69, 9.17) is 13.6 Å². The summed E-state index contributed by atoms with van der Waals surface area (Å²) in [6.45, 7) is 28.5. The number of carbonyl (C=O) groups excluding carboxylic acids is 1. The van der Waals surface area contributed by atoms with Crippen molar-refractivity contribution in [3.63, 3.8) is 0 Å². The second-order valence-electron chi connectivity index (χ2n) is 13.5. The fourth-order valence-electron chi connectivity index (χ4n) is 3.29. The van der Waals surface area contributed by atoms with Crippen molar-refractivity contribution in [2.75, 3.05) is 19.8 Å². The lowest BCUT2D eigenvalue weighted by atomic mass is 9.99. The minimum absolute atomic E-state index is 0.0558. The summed E-state index contributed by atoms with van der Waals surface area (Å²) in [6.07, 6.45) is 1.03. The van der Waals surface area contributed by atoms with Crippen molar-refractivity contribution in [2.45, 2.75) is 129 Å². The largest absolute Gasteiger partial charge is 0.444 e. The Morgan fingerprint density at radius 1 is 0.906 bits per heavy atom. The molecule has 6 nitrogen and oxygen atoms in total. The van der Waals surface area contributed by atoms with Gasteiger partial charge in [-0.1, -0.05) is 41.5 Å². The van der Waals surface area contributed by atoms with Gasteiger partial charge in [0.15, 0.2) is 16.6 Å². The van der Waals surface area contributed by atoms with Gasteiger partial charge in [-0.2, -0.15) is 0 Å². The molecule has 0 bridgehead atoms. The van der Waals surface area contributed by atoms with E-state index in [1.807, 2.05) is 20.8 Å². The van der Waals surface area contributed by atoms with Gasteiger partial charge in [-0.3, -0.25) is 4.90 Å². The number of amides is 1. The first-order valence-electron chi connectivity index (χ1n) is 12.0. The van der Waals surface area contributed by atoms with Crippen molar-refractivity contribution in [1.82, 2.24) is 4.90 Å². The van der Waals surface area contributed by atoms with E-state index >= 15 is 0 Å². The first kappa shape index (κ1) is 29.6. The number of rotatable bonds is 7. The second kappa shape index (κ2) is 9.68. The van der Waals surface area contributed by atoms with Crippen LogP contribution in [0.4, 0.5) is 4.79 Å². The van der Waals surface area contributed by atoms with Gasteiger partial charge in [-0.15, -0.1) is 0 Å². The fraction of sp³-hybridized carbons (Fsp3) is 0.958. The molecule has 8 heteroatoms. The van der Waals surface area contributed by atoms with Gasteiger partial charge in [0, 0.05) is 0 Å². The van der Waals surface area contributed by atoms with Crippen LogP contribution in [0.25, 0.3) is 0 Å². The maximum absolute atomic E-state index is 13.4. The lowest BCUT2D eigenvalue weighted by Gasteiger charge is -2.46. The van der Waals surface area contributed by atoms with Gasteiger partial charge < -0.3 is 18.7 Å². The fourth-order valence-corrected chi connectivity index (χ4v) is 5.41. The maximum Gasteiger partial charge on any atom is 0.411 e. The van der Waals surface area contributed by atoms with Crippen molar-refractivity contribution in [3.8, 4) is 0 Å². The van der Waals surface area contributed by atoms with Crippen LogP contribution in [0, 0.1) is 0 Å². The Kier molecular flexibility index (Phi) is 8.96. The summed E-state index contributed by atoms with van der Waals surface area (Å²) in [4.78, 5) is 15.1. The lowest BCUT2D eigenvalue weighted by Crippen LogP contribution is -2.61. The Balaban J connectivity index is 3.37. The number of aliphatic hydroxyl groups is 1. The third-order valence-corrected chi connectivity index (χ3v) is 16.6. The molecule has 1 aliphatic heterocycles. The Hall–Kier alpha value is -0.416. The zero-order valence-corrected chi connectivity index (χ0v) is 25.1. The Labute approximate surface area is 199 Å². The molecule has 1 fully saturated rings. The van der Waals surface area contributed by atoms with E-state index in [1.165, 1.54) is 0 Å². The molecule has 1 saturated heterocycles. The third-order valence-electron chi connectivity index (χ3n) is 7.64. The monoisotopic (exact) mass is 489 g/mol. The van der Waals surface area contributed by atoms with Gasteiger partial charge in [0.2, 0.25) is 0 Å².